The molecule has 0 aromatic heterocycles. The van der Waals surface area contributed by atoms with Gasteiger partial charge in [0, 0.05) is 43.2 Å². The third-order valence-corrected chi connectivity index (χ3v) is 3.85. The van der Waals surface area contributed by atoms with E-state index >= 15 is 0 Å². The summed E-state index contributed by atoms with van der Waals surface area (Å²) in [5, 5.41) is 3.22. The predicted molar refractivity (Wildman–Crippen MR) is 85.8 cm³/mol. The van der Waals surface area contributed by atoms with Gasteiger partial charge in [0.25, 0.3) is 0 Å². The van der Waals surface area contributed by atoms with Crippen LogP contribution in [0.2, 0.25) is 0 Å². The Morgan fingerprint density at radius 3 is 2.29 bits per heavy atom. The molecule has 2 aromatic rings. The second kappa shape index (κ2) is 6.14. The van der Waals surface area contributed by atoms with E-state index in [1.807, 2.05) is 18.2 Å². The van der Waals surface area contributed by atoms with E-state index in [1.54, 1.807) is 6.07 Å². The van der Waals surface area contributed by atoms with Gasteiger partial charge in [0.1, 0.15) is 5.82 Å². The number of piperazine rings is 1. The summed E-state index contributed by atoms with van der Waals surface area (Å²) in [6.45, 7) is 4.33. The van der Waals surface area contributed by atoms with Crippen LogP contribution in [-0.4, -0.2) is 38.1 Å². The Morgan fingerprint density at radius 2 is 1.62 bits per heavy atom. The minimum Gasteiger partial charge on any atom is -0.369 e. The first-order chi connectivity index (χ1) is 10.2. The Hall–Kier alpha value is -2.07. The van der Waals surface area contributed by atoms with Gasteiger partial charge in [-0.1, -0.05) is 6.07 Å². The third-order valence-electron chi connectivity index (χ3n) is 3.85. The lowest BCUT2D eigenvalue weighted by Gasteiger charge is -2.34. The number of nitrogens with zero attached hydrogens (tertiary/aromatic N) is 2. The number of nitrogens with one attached hydrogen (secondary N) is 1. The van der Waals surface area contributed by atoms with Crippen LogP contribution in [0.1, 0.15) is 0 Å². The summed E-state index contributed by atoms with van der Waals surface area (Å²) >= 11 is 0. The van der Waals surface area contributed by atoms with Crippen molar-refractivity contribution in [1.29, 1.82) is 0 Å². The zero-order valence-corrected chi connectivity index (χ0v) is 12.2. The minimum atomic E-state index is -0.228. The molecule has 2 aromatic carbocycles. The Bertz CT molecular complexity index is 589. The summed E-state index contributed by atoms with van der Waals surface area (Å²) in [7, 11) is 2.16. The van der Waals surface area contributed by atoms with Gasteiger partial charge in [-0.3, -0.25) is 0 Å². The molecule has 1 aliphatic rings. The van der Waals surface area contributed by atoms with Crippen LogP contribution in [0.3, 0.4) is 0 Å². The first kappa shape index (κ1) is 13.9. The second-order valence-corrected chi connectivity index (χ2v) is 5.47. The Kier molecular flexibility index (Phi) is 4.06. The van der Waals surface area contributed by atoms with Crippen molar-refractivity contribution in [2.24, 2.45) is 0 Å². The van der Waals surface area contributed by atoms with Crippen molar-refractivity contribution in [3.05, 3.63) is 54.3 Å². The second-order valence-electron chi connectivity index (χ2n) is 5.47. The molecular formula is C17H20FN3. The van der Waals surface area contributed by atoms with E-state index in [9.17, 15) is 4.39 Å². The van der Waals surface area contributed by atoms with Crippen LogP contribution in [0.15, 0.2) is 48.5 Å². The van der Waals surface area contributed by atoms with Gasteiger partial charge < -0.3 is 15.1 Å². The highest BCUT2D eigenvalue weighted by Gasteiger charge is 2.13. The summed E-state index contributed by atoms with van der Waals surface area (Å²) in [5.74, 6) is -0.228. The van der Waals surface area contributed by atoms with Gasteiger partial charge in [0.15, 0.2) is 0 Å². The Balaban J connectivity index is 1.66. The topological polar surface area (TPSA) is 18.5 Å². The van der Waals surface area contributed by atoms with Crippen molar-refractivity contribution >= 4 is 17.1 Å². The maximum atomic E-state index is 13.2. The van der Waals surface area contributed by atoms with Crippen LogP contribution in [0.5, 0.6) is 0 Å². The molecule has 4 heteroatoms. The van der Waals surface area contributed by atoms with Gasteiger partial charge in [-0.05, 0) is 49.5 Å². The van der Waals surface area contributed by atoms with E-state index in [4.69, 9.17) is 0 Å². The monoisotopic (exact) mass is 285 g/mol. The Labute approximate surface area is 125 Å². The number of anilines is 3. The van der Waals surface area contributed by atoms with Crippen molar-refractivity contribution in [2.45, 2.75) is 0 Å². The largest absolute Gasteiger partial charge is 0.369 e. The van der Waals surface area contributed by atoms with E-state index in [2.05, 4.69) is 34.3 Å². The standard InChI is InChI=1S/C17H20FN3/c1-20-9-11-21(12-10-20)17-7-5-15(6-8-17)19-16-4-2-3-14(18)13-16/h2-8,13,19H,9-12H2,1H3. The van der Waals surface area contributed by atoms with E-state index in [0.29, 0.717) is 0 Å². The first-order valence-corrected chi connectivity index (χ1v) is 7.27. The molecule has 1 aliphatic heterocycles. The molecule has 21 heavy (non-hydrogen) atoms. The molecule has 1 heterocycles. The molecule has 0 radical (unpaired) electrons. The highest BCUT2D eigenvalue weighted by atomic mass is 19.1. The molecule has 110 valence electrons. The molecule has 3 nitrogen and oxygen atoms in total. The SMILES string of the molecule is CN1CCN(c2ccc(Nc3cccc(F)c3)cc2)CC1. The number of hydrogen-bond donors (Lipinski definition) is 1. The quantitative estimate of drug-likeness (QED) is 0.933. The van der Waals surface area contributed by atoms with Crippen LogP contribution in [0, 0.1) is 5.82 Å². The van der Waals surface area contributed by atoms with E-state index in [0.717, 1.165) is 37.6 Å². The van der Waals surface area contributed by atoms with Gasteiger partial charge in [0.05, 0.1) is 0 Å². The van der Waals surface area contributed by atoms with Crippen LogP contribution in [0.25, 0.3) is 0 Å². The van der Waals surface area contributed by atoms with Crippen LogP contribution >= 0.6 is 0 Å². The normalized spacial score (nSPS) is 16.0. The number of hydrogen-bond acceptors (Lipinski definition) is 3. The van der Waals surface area contributed by atoms with Gasteiger partial charge in [-0.2, -0.15) is 0 Å². The molecule has 3 rings (SSSR count). The number of rotatable bonds is 3. The Morgan fingerprint density at radius 1 is 0.905 bits per heavy atom. The average Bonchev–Trinajstić information content (AvgIpc) is 2.49. The van der Waals surface area contributed by atoms with Crippen molar-refractivity contribution in [3.8, 4) is 0 Å². The predicted octanol–water partition coefficient (Wildman–Crippen LogP) is 3.32. The summed E-state index contributed by atoms with van der Waals surface area (Å²) in [6.07, 6.45) is 0. The first-order valence-electron chi connectivity index (χ1n) is 7.27. The van der Waals surface area contributed by atoms with Crippen molar-refractivity contribution < 1.29 is 4.39 Å². The maximum Gasteiger partial charge on any atom is 0.125 e. The molecule has 0 amide bonds. The molecule has 0 saturated carbocycles. The molecule has 1 N–H and O–H groups in total. The number of benzene rings is 2. The number of halogens is 1. The summed E-state index contributed by atoms with van der Waals surface area (Å²) in [5.41, 5.74) is 2.98. The molecule has 0 aliphatic carbocycles. The van der Waals surface area contributed by atoms with E-state index in [1.165, 1.54) is 17.8 Å². The van der Waals surface area contributed by atoms with Gasteiger partial charge in [0.2, 0.25) is 0 Å². The molecule has 0 spiro atoms. The molecule has 1 fully saturated rings. The molecular weight excluding hydrogens is 265 g/mol. The minimum absolute atomic E-state index is 0.228. The fraction of sp³-hybridized carbons (Fsp3) is 0.294. The van der Waals surface area contributed by atoms with E-state index in [-0.39, 0.29) is 5.82 Å². The lowest BCUT2D eigenvalue weighted by atomic mass is 10.2. The zero-order chi connectivity index (χ0) is 14.7. The highest BCUT2D eigenvalue weighted by molar-refractivity contribution is 5.63. The van der Waals surface area contributed by atoms with Crippen molar-refractivity contribution in [1.82, 2.24) is 4.90 Å². The van der Waals surface area contributed by atoms with Crippen molar-refractivity contribution in [3.63, 3.8) is 0 Å². The molecule has 0 atom stereocenters. The summed E-state index contributed by atoms with van der Waals surface area (Å²) in [6, 6.07) is 14.8. The fourth-order valence-electron chi connectivity index (χ4n) is 2.55. The molecule has 1 saturated heterocycles. The number of likely N-dealkylation sites (N-methyl/N-ethyl adjacent to an activating group) is 1. The lowest BCUT2D eigenvalue weighted by Crippen LogP contribution is -2.44. The highest BCUT2D eigenvalue weighted by Crippen LogP contribution is 2.22. The van der Waals surface area contributed by atoms with Gasteiger partial charge >= 0.3 is 0 Å². The smallest absolute Gasteiger partial charge is 0.125 e. The summed E-state index contributed by atoms with van der Waals surface area (Å²) in [4.78, 5) is 4.74. The fourth-order valence-corrected chi connectivity index (χ4v) is 2.55. The van der Waals surface area contributed by atoms with Crippen LogP contribution in [-0.2, 0) is 0 Å². The van der Waals surface area contributed by atoms with Crippen LogP contribution < -0.4 is 10.2 Å². The maximum absolute atomic E-state index is 13.2. The van der Waals surface area contributed by atoms with Crippen LogP contribution in [0.4, 0.5) is 21.5 Å². The van der Waals surface area contributed by atoms with E-state index < -0.39 is 0 Å². The average molecular weight is 285 g/mol. The van der Waals surface area contributed by atoms with Crippen molar-refractivity contribution in [2.75, 3.05) is 43.4 Å². The lowest BCUT2D eigenvalue weighted by molar-refractivity contribution is 0.313. The molecule has 0 bridgehead atoms. The third kappa shape index (κ3) is 3.52. The van der Waals surface area contributed by atoms with Gasteiger partial charge in [-0.15, -0.1) is 0 Å². The van der Waals surface area contributed by atoms with Gasteiger partial charge in [-0.25, -0.2) is 4.39 Å². The molecule has 0 unspecified atom stereocenters. The summed E-state index contributed by atoms with van der Waals surface area (Å²) < 4.78 is 13.2. The zero-order valence-electron chi connectivity index (χ0n) is 12.2.